The molecule has 0 saturated carbocycles. The number of hydrogen-bond donors (Lipinski definition) is 0. The van der Waals surface area contributed by atoms with Crippen molar-refractivity contribution in [3.05, 3.63) is 36.7 Å². The fourth-order valence-corrected chi connectivity index (χ4v) is 1.77. The second-order valence-corrected chi connectivity index (χ2v) is 5.09. The van der Waals surface area contributed by atoms with Gasteiger partial charge in [0.2, 0.25) is 0 Å². The third-order valence-corrected chi connectivity index (χ3v) is 2.45. The van der Waals surface area contributed by atoms with Gasteiger partial charge in [-0.05, 0) is 32.9 Å². The van der Waals surface area contributed by atoms with Gasteiger partial charge < -0.3 is 4.74 Å². The van der Waals surface area contributed by atoms with E-state index in [1.54, 1.807) is 0 Å². The maximum Gasteiger partial charge on any atom is 0.335 e. The summed E-state index contributed by atoms with van der Waals surface area (Å²) in [5.74, 6) is -0.220. The molecule has 0 aromatic heterocycles. The molecule has 2 aliphatic rings. The van der Waals surface area contributed by atoms with Gasteiger partial charge in [-0.3, -0.25) is 10.0 Å². The SMILES string of the molecule is CC(C)(C)OC(=O)[C@@H]1C=CN2CC=CC=CN12. The normalized spacial score (nSPS) is 22.6. The van der Waals surface area contributed by atoms with Crippen LogP contribution in [-0.4, -0.2) is 34.2 Å². The number of allylic oxidation sites excluding steroid dienone is 2. The van der Waals surface area contributed by atoms with Gasteiger partial charge >= 0.3 is 5.97 Å². The van der Waals surface area contributed by atoms with Gasteiger partial charge in [0.05, 0.1) is 6.54 Å². The molecule has 0 aromatic carbocycles. The van der Waals surface area contributed by atoms with Crippen LogP contribution < -0.4 is 0 Å². The summed E-state index contributed by atoms with van der Waals surface area (Å²) in [5, 5.41) is 3.86. The number of rotatable bonds is 1. The van der Waals surface area contributed by atoms with Crippen LogP contribution in [-0.2, 0) is 9.53 Å². The number of nitrogens with zero attached hydrogens (tertiary/aromatic N) is 2. The molecule has 0 aliphatic carbocycles. The van der Waals surface area contributed by atoms with Crippen molar-refractivity contribution >= 4 is 5.97 Å². The minimum absolute atomic E-state index is 0.220. The average molecular weight is 234 g/mol. The van der Waals surface area contributed by atoms with Crippen molar-refractivity contribution in [2.75, 3.05) is 6.54 Å². The molecule has 0 amide bonds. The molecule has 2 aliphatic heterocycles. The van der Waals surface area contributed by atoms with Crippen molar-refractivity contribution < 1.29 is 9.53 Å². The molecule has 0 aromatic rings. The Bertz CT molecular complexity index is 391. The molecule has 92 valence electrons. The van der Waals surface area contributed by atoms with Crippen molar-refractivity contribution in [1.82, 2.24) is 10.0 Å². The highest BCUT2D eigenvalue weighted by atomic mass is 16.6. The summed E-state index contributed by atoms with van der Waals surface area (Å²) in [6.45, 7) is 6.40. The van der Waals surface area contributed by atoms with Crippen molar-refractivity contribution in [3.8, 4) is 0 Å². The summed E-state index contributed by atoms with van der Waals surface area (Å²) < 4.78 is 5.40. The first-order chi connectivity index (χ1) is 7.97. The Morgan fingerprint density at radius 1 is 1.29 bits per heavy atom. The van der Waals surface area contributed by atoms with Gasteiger partial charge in [0.25, 0.3) is 0 Å². The number of carbonyl (C=O) groups is 1. The summed E-state index contributed by atoms with van der Waals surface area (Å²) in [4.78, 5) is 12.0. The van der Waals surface area contributed by atoms with E-state index >= 15 is 0 Å². The number of hydrogen-bond acceptors (Lipinski definition) is 4. The molecule has 0 fully saturated rings. The van der Waals surface area contributed by atoms with E-state index < -0.39 is 5.60 Å². The molecule has 0 radical (unpaired) electrons. The molecule has 2 heterocycles. The zero-order chi connectivity index (χ0) is 12.5. The third kappa shape index (κ3) is 2.70. The van der Waals surface area contributed by atoms with Gasteiger partial charge in [0.15, 0.2) is 6.04 Å². The van der Waals surface area contributed by atoms with E-state index in [1.165, 1.54) is 0 Å². The fourth-order valence-electron chi connectivity index (χ4n) is 1.77. The smallest absolute Gasteiger partial charge is 0.335 e. The van der Waals surface area contributed by atoms with Gasteiger partial charge in [0.1, 0.15) is 5.60 Å². The Hall–Kier alpha value is -1.71. The predicted octanol–water partition coefficient (Wildman–Crippen LogP) is 1.83. The maximum absolute atomic E-state index is 12.0. The van der Waals surface area contributed by atoms with E-state index in [9.17, 15) is 4.79 Å². The summed E-state index contributed by atoms with van der Waals surface area (Å²) in [7, 11) is 0. The average Bonchev–Trinajstić information content (AvgIpc) is 2.46. The standard InChI is InChI=1S/C13H18N2O2/c1-13(2,3)17-12(16)11-7-10-14-8-5-4-6-9-15(11)14/h4-7,9-11H,8H2,1-3H3/t11-/m0/s1. The van der Waals surface area contributed by atoms with Crippen LogP contribution in [0.5, 0.6) is 0 Å². The van der Waals surface area contributed by atoms with Gasteiger partial charge in [-0.15, -0.1) is 0 Å². The molecule has 0 saturated heterocycles. The van der Waals surface area contributed by atoms with E-state index in [2.05, 4.69) is 0 Å². The largest absolute Gasteiger partial charge is 0.458 e. The molecule has 17 heavy (non-hydrogen) atoms. The molecule has 0 bridgehead atoms. The Morgan fingerprint density at radius 2 is 2.06 bits per heavy atom. The molecule has 0 unspecified atom stereocenters. The van der Waals surface area contributed by atoms with Crippen molar-refractivity contribution in [1.29, 1.82) is 0 Å². The van der Waals surface area contributed by atoms with Gasteiger partial charge in [-0.1, -0.05) is 12.2 Å². The summed E-state index contributed by atoms with van der Waals surface area (Å²) >= 11 is 0. The van der Waals surface area contributed by atoms with Crippen LogP contribution in [0.4, 0.5) is 0 Å². The van der Waals surface area contributed by atoms with Crippen molar-refractivity contribution in [2.45, 2.75) is 32.4 Å². The number of fused-ring (bicyclic) bond motifs is 1. The number of carbonyl (C=O) groups excluding carboxylic acids is 1. The molecule has 0 N–H and O–H groups in total. The van der Waals surface area contributed by atoms with Crippen LogP contribution in [0.25, 0.3) is 0 Å². The molecule has 2 rings (SSSR count). The minimum atomic E-state index is -0.452. The Labute approximate surface area is 102 Å². The van der Waals surface area contributed by atoms with Crippen LogP contribution in [0.1, 0.15) is 20.8 Å². The zero-order valence-corrected chi connectivity index (χ0v) is 10.5. The highest BCUT2D eigenvalue weighted by Crippen LogP contribution is 2.21. The highest BCUT2D eigenvalue weighted by molar-refractivity contribution is 5.79. The molecular formula is C13H18N2O2. The van der Waals surface area contributed by atoms with Crippen LogP contribution in [0, 0.1) is 0 Å². The van der Waals surface area contributed by atoms with Crippen molar-refractivity contribution in [3.63, 3.8) is 0 Å². The van der Waals surface area contributed by atoms with E-state index in [-0.39, 0.29) is 12.0 Å². The predicted molar refractivity (Wildman–Crippen MR) is 65.6 cm³/mol. The summed E-state index contributed by atoms with van der Waals surface area (Å²) in [6, 6.07) is -0.356. The lowest BCUT2D eigenvalue weighted by molar-refractivity contribution is -0.161. The topological polar surface area (TPSA) is 32.8 Å². The highest BCUT2D eigenvalue weighted by Gasteiger charge is 2.33. The van der Waals surface area contributed by atoms with E-state index in [4.69, 9.17) is 4.74 Å². The quantitative estimate of drug-likeness (QED) is 0.648. The van der Waals surface area contributed by atoms with Crippen LogP contribution in [0.2, 0.25) is 0 Å². The maximum atomic E-state index is 12.0. The number of ether oxygens (including phenoxy) is 1. The molecule has 1 atom stereocenters. The van der Waals surface area contributed by atoms with E-state index in [1.807, 2.05) is 67.5 Å². The Kier molecular flexibility index (Phi) is 2.96. The van der Waals surface area contributed by atoms with Crippen molar-refractivity contribution in [2.24, 2.45) is 0 Å². The summed E-state index contributed by atoms with van der Waals surface area (Å²) in [6.07, 6.45) is 11.6. The molecular weight excluding hydrogens is 216 g/mol. The lowest BCUT2D eigenvalue weighted by atomic mass is 10.2. The van der Waals surface area contributed by atoms with Crippen LogP contribution >= 0.6 is 0 Å². The van der Waals surface area contributed by atoms with E-state index in [0.29, 0.717) is 0 Å². The second kappa shape index (κ2) is 4.28. The zero-order valence-electron chi connectivity index (χ0n) is 10.5. The minimum Gasteiger partial charge on any atom is -0.458 e. The van der Waals surface area contributed by atoms with Crippen LogP contribution in [0.3, 0.4) is 0 Å². The lowest BCUT2D eigenvalue weighted by Crippen LogP contribution is -2.43. The Morgan fingerprint density at radius 3 is 2.76 bits per heavy atom. The molecule has 0 spiro atoms. The monoisotopic (exact) mass is 234 g/mol. The molecule has 4 heteroatoms. The first-order valence-corrected chi connectivity index (χ1v) is 5.77. The third-order valence-electron chi connectivity index (χ3n) is 2.45. The number of esters is 1. The summed E-state index contributed by atoms with van der Waals surface area (Å²) in [5.41, 5.74) is -0.452. The van der Waals surface area contributed by atoms with Gasteiger partial charge in [-0.25, -0.2) is 4.79 Å². The van der Waals surface area contributed by atoms with E-state index in [0.717, 1.165) is 6.54 Å². The van der Waals surface area contributed by atoms with Crippen LogP contribution in [0.15, 0.2) is 36.7 Å². The lowest BCUT2D eigenvalue weighted by Gasteiger charge is -2.31. The van der Waals surface area contributed by atoms with Gasteiger partial charge in [-0.2, -0.15) is 0 Å². The fraction of sp³-hybridized carbons (Fsp3) is 0.462. The Balaban J connectivity index is 2.08. The molecule has 4 nitrogen and oxygen atoms in total. The first-order valence-electron chi connectivity index (χ1n) is 5.77. The first kappa shape index (κ1) is 11.8. The number of hydrazine groups is 1. The van der Waals surface area contributed by atoms with Gasteiger partial charge in [0, 0.05) is 12.4 Å². The second-order valence-electron chi connectivity index (χ2n) is 5.09.